The molecule has 0 spiro atoms. The zero-order valence-electron chi connectivity index (χ0n) is 17.0. The molecule has 1 fully saturated rings. The summed E-state index contributed by atoms with van der Waals surface area (Å²) in [7, 11) is -0.398. The topological polar surface area (TPSA) is 45.1 Å². The Morgan fingerprint density at radius 1 is 1.14 bits per heavy atom. The van der Waals surface area contributed by atoms with Crippen LogP contribution in [0.1, 0.15) is 27.7 Å². The molecule has 0 radical (unpaired) electrons. The van der Waals surface area contributed by atoms with Crippen LogP contribution < -0.4 is 0 Å². The second kappa shape index (κ2) is 9.65. The predicted molar refractivity (Wildman–Crippen MR) is 119 cm³/mol. The van der Waals surface area contributed by atoms with Gasteiger partial charge in [0.05, 0.1) is 0 Å². The zero-order chi connectivity index (χ0) is 20.7. The van der Waals surface area contributed by atoms with Gasteiger partial charge in [0.25, 0.3) is 0 Å². The van der Waals surface area contributed by atoms with Gasteiger partial charge in [-0.05, 0) is 50.9 Å². The first kappa shape index (κ1) is 21.1. The van der Waals surface area contributed by atoms with Gasteiger partial charge in [-0.25, -0.2) is 4.99 Å². The minimum Gasteiger partial charge on any atom is -0.535 e. The summed E-state index contributed by atoms with van der Waals surface area (Å²) in [6.07, 6.45) is 18.4. The number of nitrogens with zero attached hydrogens (tertiary/aromatic N) is 2. The molecule has 2 aliphatic heterocycles. The number of rotatable bonds is 5. The van der Waals surface area contributed by atoms with Crippen molar-refractivity contribution >= 4 is 12.9 Å². The van der Waals surface area contributed by atoms with Gasteiger partial charge in [-0.1, -0.05) is 49.6 Å². The molecule has 1 N–H and O–H groups in total. The van der Waals surface area contributed by atoms with Crippen LogP contribution in [0.4, 0.5) is 0 Å². The molecule has 2 heterocycles. The van der Waals surface area contributed by atoms with E-state index in [1.807, 2.05) is 69.0 Å². The van der Waals surface area contributed by atoms with Crippen LogP contribution >= 0.6 is 0 Å². The highest BCUT2D eigenvalue weighted by molar-refractivity contribution is 6.66. The van der Waals surface area contributed by atoms with E-state index in [-0.39, 0.29) is 5.76 Å². The first-order valence-electron chi connectivity index (χ1n) is 9.29. The van der Waals surface area contributed by atoms with Gasteiger partial charge in [0.15, 0.2) is 5.84 Å². The lowest BCUT2D eigenvalue weighted by Gasteiger charge is -2.32. The molecule has 2 rings (SSSR count). The highest BCUT2D eigenvalue weighted by atomic mass is 16.5. The van der Waals surface area contributed by atoms with Crippen LogP contribution in [0.25, 0.3) is 0 Å². The van der Waals surface area contributed by atoms with Crippen molar-refractivity contribution in [3.05, 3.63) is 108 Å². The number of amidine groups is 1. The lowest BCUT2D eigenvalue weighted by atomic mass is 9.62. The van der Waals surface area contributed by atoms with Crippen molar-refractivity contribution in [3.8, 4) is 0 Å². The third-order valence-corrected chi connectivity index (χ3v) is 4.39. The van der Waals surface area contributed by atoms with E-state index in [1.165, 1.54) is 6.08 Å². The third-order valence-electron chi connectivity index (χ3n) is 4.39. The van der Waals surface area contributed by atoms with E-state index in [9.17, 15) is 5.11 Å². The standard InChI is InChI=1S/C23H27BN2O2/c1-7-13-14-20-18(10-4)19(11-5)21(16-17(27)9-3)26-23(25-15-8-2)22(12-6)28-24(20)26/h7-16,27H,3,5H2,1-2,4,6H3/b13-7-,15-8-,17-16+,18-10-,20-14+,22-12+,25-23+. The van der Waals surface area contributed by atoms with Gasteiger partial charge in [0.1, 0.15) is 11.5 Å². The summed E-state index contributed by atoms with van der Waals surface area (Å²) in [5.41, 5.74) is 3.64. The van der Waals surface area contributed by atoms with Crippen LogP contribution in [-0.2, 0) is 4.65 Å². The molecule has 28 heavy (non-hydrogen) atoms. The zero-order valence-corrected chi connectivity index (χ0v) is 17.0. The quantitative estimate of drug-likeness (QED) is 0.381. The SMILES string of the molecule is C=CC1=C(/C=C(/O)C=C)N2B(OC(=C/C)/C2=N\C=C/C)C(=C/C=C\C)/C1=C\C. The van der Waals surface area contributed by atoms with Crippen molar-refractivity contribution in [2.75, 3.05) is 0 Å². The number of aliphatic hydroxyl groups is 1. The molecular formula is C23H27BN2O2. The molecule has 4 nitrogen and oxygen atoms in total. The minimum absolute atomic E-state index is 0.0590. The largest absolute Gasteiger partial charge is 0.535 e. The van der Waals surface area contributed by atoms with E-state index in [0.717, 1.165) is 22.3 Å². The maximum atomic E-state index is 10.2. The van der Waals surface area contributed by atoms with Crippen LogP contribution in [0.2, 0.25) is 0 Å². The first-order valence-corrected chi connectivity index (χ1v) is 9.29. The van der Waals surface area contributed by atoms with E-state index in [1.54, 1.807) is 18.4 Å². The van der Waals surface area contributed by atoms with Gasteiger partial charge < -0.3 is 14.6 Å². The van der Waals surface area contributed by atoms with Crippen LogP contribution in [-0.4, -0.2) is 22.8 Å². The molecule has 0 aromatic rings. The Morgan fingerprint density at radius 2 is 1.89 bits per heavy atom. The molecule has 0 aliphatic carbocycles. The van der Waals surface area contributed by atoms with E-state index in [0.29, 0.717) is 11.6 Å². The maximum Gasteiger partial charge on any atom is 0.526 e. The van der Waals surface area contributed by atoms with E-state index < -0.39 is 7.05 Å². The molecule has 2 aliphatic rings. The average Bonchev–Trinajstić information content (AvgIpc) is 3.08. The molecule has 144 valence electrons. The summed E-state index contributed by atoms with van der Waals surface area (Å²) in [4.78, 5) is 6.58. The fraction of sp³-hybridized carbons (Fsp3) is 0.174. The highest BCUT2D eigenvalue weighted by Crippen LogP contribution is 2.41. The molecular weight excluding hydrogens is 347 g/mol. The fourth-order valence-electron chi connectivity index (χ4n) is 3.18. The Balaban J connectivity index is 2.91. The number of allylic oxidation sites excluding steroid dienone is 12. The Kier molecular flexibility index (Phi) is 7.27. The Morgan fingerprint density at radius 3 is 2.43 bits per heavy atom. The smallest absolute Gasteiger partial charge is 0.526 e. The van der Waals surface area contributed by atoms with Crippen LogP contribution in [0.3, 0.4) is 0 Å². The summed E-state index contributed by atoms with van der Waals surface area (Å²) < 4.78 is 6.28. The van der Waals surface area contributed by atoms with Gasteiger partial charge in [-0.2, -0.15) is 0 Å². The number of fused-ring (bicyclic) bond motifs is 1. The van der Waals surface area contributed by atoms with Crippen LogP contribution in [0.15, 0.2) is 113 Å². The van der Waals surface area contributed by atoms with Gasteiger partial charge in [0.2, 0.25) is 0 Å². The summed E-state index contributed by atoms with van der Waals surface area (Å²) in [5, 5.41) is 10.2. The third kappa shape index (κ3) is 3.88. The van der Waals surface area contributed by atoms with Crippen molar-refractivity contribution in [3.63, 3.8) is 0 Å². The van der Waals surface area contributed by atoms with E-state index in [2.05, 4.69) is 18.2 Å². The van der Waals surface area contributed by atoms with Gasteiger partial charge >= 0.3 is 7.05 Å². The molecule has 0 unspecified atom stereocenters. The van der Waals surface area contributed by atoms with Crippen LogP contribution in [0.5, 0.6) is 0 Å². The average molecular weight is 374 g/mol. The first-order chi connectivity index (χ1) is 13.6. The minimum atomic E-state index is -0.398. The van der Waals surface area contributed by atoms with E-state index >= 15 is 0 Å². The van der Waals surface area contributed by atoms with Gasteiger partial charge in [-0.15, -0.1) is 0 Å². The molecule has 0 saturated carbocycles. The molecule has 0 aromatic carbocycles. The Hall–Kier alpha value is -3.21. The Bertz CT molecular complexity index is 896. The molecule has 0 bridgehead atoms. The normalized spacial score (nSPS) is 23.6. The fourth-order valence-corrected chi connectivity index (χ4v) is 3.18. The van der Waals surface area contributed by atoms with Gasteiger partial charge in [0, 0.05) is 23.5 Å². The van der Waals surface area contributed by atoms with Crippen molar-refractivity contribution in [2.45, 2.75) is 27.7 Å². The maximum absolute atomic E-state index is 10.2. The number of hydrogen-bond donors (Lipinski definition) is 1. The van der Waals surface area contributed by atoms with Crippen molar-refractivity contribution in [2.24, 2.45) is 4.99 Å². The summed E-state index contributed by atoms with van der Waals surface area (Å²) in [6.45, 7) is 15.4. The summed E-state index contributed by atoms with van der Waals surface area (Å²) >= 11 is 0. The summed E-state index contributed by atoms with van der Waals surface area (Å²) in [5.74, 6) is 1.41. The number of hydrogen-bond acceptors (Lipinski definition) is 3. The molecule has 0 atom stereocenters. The lowest BCUT2D eigenvalue weighted by Crippen LogP contribution is -2.43. The van der Waals surface area contributed by atoms with Crippen LogP contribution in [0, 0.1) is 0 Å². The lowest BCUT2D eigenvalue weighted by molar-refractivity contribution is 0.430. The molecule has 5 heteroatoms. The highest BCUT2D eigenvalue weighted by Gasteiger charge is 2.49. The Labute approximate surface area is 168 Å². The second-order valence-electron chi connectivity index (χ2n) is 6.05. The number of aliphatic imine (C=N–C) groups is 1. The predicted octanol–water partition coefficient (Wildman–Crippen LogP) is 5.71. The monoisotopic (exact) mass is 374 g/mol. The molecule has 1 saturated heterocycles. The van der Waals surface area contributed by atoms with Crippen molar-refractivity contribution in [1.82, 2.24) is 4.81 Å². The van der Waals surface area contributed by atoms with Crippen molar-refractivity contribution in [1.29, 1.82) is 0 Å². The van der Waals surface area contributed by atoms with E-state index in [4.69, 9.17) is 4.65 Å². The molecule has 0 aromatic heterocycles. The molecule has 0 amide bonds. The van der Waals surface area contributed by atoms with Gasteiger partial charge in [-0.3, -0.25) is 0 Å². The van der Waals surface area contributed by atoms with Crippen molar-refractivity contribution < 1.29 is 9.76 Å². The number of aliphatic hydroxyl groups excluding tert-OH is 1. The second-order valence-corrected chi connectivity index (χ2v) is 6.05. The summed E-state index contributed by atoms with van der Waals surface area (Å²) in [6, 6.07) is 0.